The van der Waals surface area contributed by atoms with Crippen molar-refractivity contribution < 1.29 is 9.21 Å². The molecule has 0 atom stereocenters. The summed E-state index contributed by atoms with van der Waals surface area (Å²) in [6.45, 7) is 6.02. The molecule has 0 aliphatic carbocycles. The largest absolute Gasteiger partial charge is 0.451 e. The summed E-state index contributed by atoms with van der Waals surface area (Å²) in [5.74, 6) is 1.53. The van der Waals surface area contributed by atoms with Crippen LogP contribution in [0.5, 0.6) is 0 Å². The van der Waals surface area contributed by atoms with Gasteiger partial charge in [-0.2, -0.15) is 10.1 Å². The number of nitrogens with one attached hydrogen (secondary N) is 2. The van der Waals surface area contributed by atoms with Gasteiger partial charge in [-0.15, -0.1) is 0 Å². The maximum absolute atomic E-state index is 12.6. The summed E-state index contributed by atoms with van der Waals surface area (Å²) < 4.78 is 7.34. The predicted octanol–water partition coefficient (Wildman–Crippen LogP) is 2.90. The van der Waals surface area contributed by atoms with E-state index in [9.17, 15) is 4.79 Å². The summed E-state index contributed by atoms with van der Waals surface area (Å²) in [6.07, 6.45) is 2.03. The Labute approximate surface area is 151 Å². The topological polar surface area (TPSA) is 85.0 Å². The standard InChI is InChI=1S/C19H23N5O2/c1-11-8-14-10-16(26-15(14)9-12(11)2)18(25)22-19-21-17(23-24(19)3)13-4-6-20-7-5-13/h8-10,13,20H,4-7H2,1-3H3,(H,21,22,23,25). The normalized spacial score (nSPS) is 15.5. The third kappa shape index (κ3) is 3.10. The Morgan fingerprint density at radius 1 is 1.23 bits per heavy atom. The van der Waals surface area contributed by atoms with Crippen LogP contribution in [0.25, 0.3) is 11.0 Å². The number of anilines is 1. The van der Waals surface area contributed by atoms with Crippen molar-refractivity contribution in [3.05, 3.63) is 40.9 Å². The van der Waals surface area contributed by atoms with Crippen LogP contribution in [0.3, 0.4) is 0 Å². The summed E-state index contributed by atoms with van der Waals surface area (Å²) in [7, 11) is 1.79. The first-order valence-corrected chi connectivity index (χ1v) is 8.95. The second kappa shape index (κ2) is 6.57. The van der Waals surface area contributed by atoms with E-state index >= 15 is 0 Å². The maximum atomic E-state index is 12.6. The average molecular weight is 353 g/mol. The summed E-state index contributed by atoms with van der Waals surface area (Å²) >= 11 is 0. The third-order valence-corrected chi connectivity index (χ3v) is 5.07. The second-order valence-corrected chi connectivity index (χ2v) is 6.98. The van der Waals surface area contributed by atoms with E-state index < -0.39 is 0 Å². The fourth-order valence-corrected chi connectivity index (χ4v) is 3.34. The summed E-state index contributed by atoms with van der Waals surface area (Å²) in [5.41, 5.74) is 3.02. The van der Waals surface area contributed by atoms with E-state index in [1.165, 1.54) is 5.56 Å². The summed E-state index contributed by atoms with van der Waals surface area (Å²) in [6, 6.07) is 5.75. The van der Waals surface area contributed by atoms with E-state index in [-0.39, 0.29) is 11.7 Å². The Balaban J connectivity index is 1.55. The molecule has 1 amide bonds. The van der Waals surface area contributed by atoms with Gasteiger partial charge in [0.15, 0.2) is 11.6 Å². The molecule has 1 aliphatic heterocycles. The highest BCUT2D eigenvalue weighted by Gasteiger charge is 2.22. The summed E-state index contributed by atoms with van der Waals surface area (Å²) in [4.78, 5) is 17.1. The molecule has 0 bridgehead atoms. The van der Waals surface area contributed by atoms with Crippen LogP contribution in [-0.2, 0) is 7.05 Å². The lowest BCUT2D eigenvalue weighted by Crippen LogP contribution is -2.27. The number of carbonyl (C=O) groups excluding carboxylic acids is 1. The second-order valence-electron chi connectivity index (χ2n) is 6.98. The number of furan rings is 1. The molecule has 7 nitrogen and oxygen atoms in total. The number of nitrogens with zero attached hydrogens (tertiary/aromatic N) is 3. The van der Waals surface area contributed by atoms with Gasteiger partial charge in [0.05, 0.1) is 0 Å². The van der Waals surface area contributed by atoms with Gasteiger partial charge in [0.25, 0.3) is 5.91 Å². The maximum Gasteiger partial charge on any atom is 0.293 e. The lowest BCUT2D eigenvalue weighted by Gasteiger charge is -2.19. The molecule has 4 rings (SSSR count). The van der Waals surface area contributed by atoms with Gasteiger partial charge in [-0.25, -0.2) is 4.68 Å². The number of rotatable bonds is 3. The monoisotopic (exact) mass is 353 g/mol. The first-order valence-electron chi connectivity index (χ1n) is 8.95. The van der Waals surface area contributed by atoms with Crippen LogP contribution in [0, 0.1) is 13.8 Å². The van der Waals surface area contributed by atoms with Crippen LogP contribution >= 0.6 is 0 Å². The van der Waals surface area contributed by atoms with Gasteiger partial charge in [-0.1, -0.05) is 0 Å². The van der Waals surface area contributed by atoms with Crippen LogP contribution < -0.4 is 10.6 Å². The number of hydrogen-bond donors (Lipinski definition) is 2. The zero-order chi connectivity index (χ0) is 18.3. The van der Waals surface area contributed by atoms with Gasteiger partial charge in [0.1, 0.15) is 5.58 Å². The molecule has 1 fully saturated rings. The van der Waals surface area contributed by atoms with Crippen molar-refractivity contribution in [3.63, 3.8) is 0 Å². The molecule has 1 aromatic carbocycles. The number of carbonyl (C=O) groups is 1. The molecule has 0 saturated carbocycles. The van der Waals surface area contributed by atoms with E-state index in [1.54, 1.807) is 17.8 Å². The fraction of sp³-hybridized carbons (Fsp3) is 0.421. The molecule has 26 heavy (non-hydrogen) atoms. The van der Waals surface area contributed by atoms with Crippen molar-refractivity contribution >= 4 is 22.8 Å². The highest BCUT2D eigenvalue weighted by Crippen LogP contribution is 2.25. The molecular weight excluding hydrogens is 330 g/mol. The van der Waals surface area contributed by atoms with Gasteiger partial charge in [0, 0.05) is 18.4 Å². The molecule has 1 aliphatic rings. The Bertz CT molecular complexity index is 927. The zero-order valence-corrected chi connectivity index (χ0v) is 15.3. The minimum absolute atomic E-state index is 0.274. The van der Waals surface area contributed by atoms with Crippen molar-refractivity contribution in [2.75, 3.05) is 18.4 Å². The number of amides is 1. The van der Waals surface area contributed by atoms with E-state index in [4.69, 9.17) is 4.42 Å². The molecule has 1 saturated heterocycles. The highest BCUT2D eigenvalue weighted by atomic mass is 16.3. The smallest absolute Gasteiger partial charge is 0.293 e. The van der Waals surface area contributed by atoms with Gasteiger partial charge < -0.3 is 9.73 Å². The van der Waals surface area contributed by atoms with Crippen molar-refractivity contribution in [2.24, 2.45) is 7.05 Å². The predicted molar refractivity (Wildman–Crippen MR) is 99.5 cm³/mol. The summed E-state index contributed by atoms with van der Waals surface area (Å²) in [5, 5.41) is 11.6. The molecular formula is C19H23N5O2. The minimum Gasteiger partial charge on any atom is -0.451 e. The number of piperidine rings is 1. The molecule has 0 unspecified atom stereocenters. The SMILES string of the molecule is Cc1cc2cc(C(=O)Nc3nc(C4CCNCC4)nn3C)oc2cc1C. The number of aryl methyl sites for hydroxylation is 3. The van der Waals surface area contributed by atoms with Crippen LogP contribution in [0.4, 0.5) is 5.95 Å². The lowest BCUT2D eigenvalue weighted by molar-refractivity contribution is 0.0997. The van der Waals surface area contributed by atoms with Gasteiger partial charge in [0.2, 0.25) is 5.95 Å². The number of benzene rings is 1. The van der Waals surface area contributed by atoms with Gasteiger partial charge >= 0.3 is 0 Å². The van der Waals surface area contributed by atoms with Gasteiger partial charge in [-0.3, -0.25) is 10.1 Å². The van der Waals surface area contributed by atoms with E-state index in [0.29, 0.717) is 17.4 Å². The zero-order valence-electron chi connectivity index (χ0n) is 15.3. The number of aromatic nitrogens is 3. The van der Waals surface area contributed by atoms with Crippen molar-refractivity contribution in [1.29, 1.82) is 0 Å². The highest BCUT2D eigenvalue weighted by molar-refractivity contribution is 6.03. The molecule has 3 aromatic rings. The molecule has 0 spiro atoms. The minimum atomic E-state index is -0.316. The van der Waals surface area contributed by atoms with Crippen molar-refractivity contribution in [3.8, 4) is 0 Å². The van der Waals surface area contributed by atoms with Crippen LogP contribution in [0.2, 0.25) is 0 Å². The quantitative estimate of drug-likeness (QED) is 0.756. The van der Waals surface area contributed by atoms with E-state index in [0.717, 1.165) is 42.7 Å². The van der Waals surface area contributed by atoms with E-state index in [2.05, 4.69) is 20.7 Å². The molecule has 136 valence electrons. The van der Waals surface area contributed by atoms with Crippen LogP contribution in [-0.4, -0.2) is 33.8 Å². The van der Waals surface area contributed by atoms with Crippen LogP contribution in [0.15, 0.2) is 22.6 Å². The fourth-order valence-electron chi connectivity index (χ4n) is 3.34. The van der Waals surface area contributed by atoms with E-state index in [1.807, 2.05) is 26.0 Å². The Morgan fingerprint density at radius 2 is 1.96 bits per heavy atom. The Morgan fingerprint density at radius 3 is 2.73 bits per heavy atom. The Kier molecular flexibility index (Phi) is 4.24. The van der Waals surface area contributed by atoms with Gasteiger partial charge in [-0.05, 0) is 69.1 Å². The van der Waals surface area contributed by atoms with Crippen molar-refractivity contribution in [1.82, 2.24) is 20.1 Å². The molecule has 2 aromatic heterocycles. The van der Waals surface area contributed by atoms with Crippen molar-refractivity contribution in [2.45, 2.75) is 32.6 Å². The molecule has 2 N–H and O–H groups in total. The lowest BCUT2D eigenvalue weighted by atomic mass is 9.98. The first-order chi connectivity index (χ1) is 12.5. The average Bonchev–Trinajstić information content (AvgIpc) is 3.20. The number of fused-ring (bicyclic) bond motifs is 1. The Hall–Kier alpha value is -2.67. The molecule has 3 heterocycles. The number of hydrogen-bond acceptors (Lipinski definition) is 5. The molecule has 7 heteroatoms. The first kappa shape index (κ1) is 16.8. The third-order valence-electron chi connectivity index (χ3n) is 5.07. The van der Waals surface area contributed by atoms with Crippen LogP contribution in [0.1, 0.15) is 46.3 Å². The molecule has 0 radical (unpaired) electrons.